The van der Waals surface area contributed by atoms with Crippen molar-refractivity contribution in [3.05, 3.63) is 95.1 Å². The van der Waals surface area contributed by atoms with Gasteiger partial charge >= 0.3 is 0 Å². The van der Waals surface area contributed by atoms with Gasteiger partial charge in [-0.05, 0) is 85.7 Å². The quantitative estimate of drug-likeness (QED) is 0.236. The monoisotopic (exact) mass is 472 g/mol. The van der Waals surface area contributed by atoms with Gasteiger partial charge in [0, 0.05) is 16.2 Å². The molecule has 0 fully saturated rings. The Morgan fingerprint density at radius 1 is 0.611 bits per heavy atom. The third kappa shape index (κ3) is 3.29. The molecule has 0 saturated heterocycles. The molecule has 1 heteroatoms. The molecular formula is C35H36O. The highest BCUT2D eigenvalue weighted by atomic mass is 16.3. The van der Waals surface area contributed by atoms with Gasteiger partial charge in [-0.2, -0.15) is 0 Å². The molecule has 0 bridgehead atoms. The van der Waals surface area contributed by atoms with Crippen molar-refractivity contribution in [3.63, 3.8) is 0 Å². The lowest BCUT2D eigenvalue weighted by Crippen LogP contribution is -2.17. The summed E-state index contributed by atoms with van der Waals surface area (Å²) in [5.41, 5.74) is 12.8. The molecule has 4 aromatic carbocycles. The zero-order chi connectivity index (χ0) is 25.6. The average molecular weight is 473 g/mol. The first-order valence-electron chi connectivity index (χ1n) is 13.1. The summed E-state index contributed by atoms with van der Waals surface area (Å²) in [6.07, 6.45) is 0. The molecule has 0 atom stereocenters. The Labute approximate surface area is 215 Å². The molecule has 1 aliphatic rings. The molecule has 1 aromatic heterocycles. The zero-order valence-corrected chi connectivity index (χ0v) is 22.8. The van der Waals surface area contributed by atoms with Crippen LogP contribution >= 0.6 is 0 Å². The molecular weight excluding hydrogens is 436 g/mol. The number of hydrogen-bond acceptors (Lipinski definition) is 1. The van der Waals surface area contributed by atoms with E-state index in [0.29, 0.717) is 0 Å². The van der Waals surface area contributed by atoms with Crippen LogP contribution in [0.15, 0.2) is 77.2 Å². The number of benzene rings is 4. The van der Waals surface area contributed by atoms with E-state index in [1.165, 1.54) is 55.3 Å². The van der Waals surface area contributed by atoms with E-state index in [1.807, 2.05) is 0 Å². The first-order valence-corrected chi connectivity index (χ1v) is 13.1. The van der Waals surface area contributed by atoms with Gasteiger partial charge in [-0.15, -0.1) is 0 Å². The first kappa shape index (κ1) is 23.1. The smallest absolute Gasteiger partial charge is 0.136 e. The summed E-state index contributed by atoms with van der Waals surface area (Å²) >= 11 is 0. The van der Waals surface area contributed by atoms with E-state index in [4.69, 9.17) is 4.42 Å². The highest BCUT2D eigenvalue weighted by molar-refractivity contribution is 6.08. The maximum Gasteiger partial charge on any atom is 0.136 e. The van der Waals surface area contributed by atoms with Crippen LogP contribution in [0.2, 0.25) is 0 Å². The number of furan rings is 1. The SMILES string of the molecule is CC(C)(C)c1cc(-c2ccc3c(c2)oc2cccc(C(C)(C)C)c23)cc2c1-c1ccccc1C2(C)C. The lowest BCUT2D eigenvalue weighted by atomic mass is 9.77. The van der Waals surface area contributed by atoms with Gasteiger partial charge in [-0.1, -0.05) is 97.9 Å². The Morgan fingerprint density at radius 3 is 2.06 bits per heavy atom. The fraction of sp³-hybridized carbons (Fsp3) is 0.314. The maximum atomic E-state index is 6.43. The Morgan fingerprint density at radius 2 is 1.33 bits per heavy atom. The molecule has 1 heterocycles. The van der Waals surface area contributed by atoms with Gasteiger partial charge in [-0.25, -0.2) is 0 Å². The van der Waals surface area contributed by atoms with Gasteiger partial charge in [0.2, 0.25) is 0 Å². The second-order valence-corrected chi connectivity index (χ2v) is 13.1. The minimum Gasteiger partial charge on any atom is -0.456 e. The van der Waals surface area contributed by atoms with Crippen LogP contribution in [-0.4, -0.2) is 0 Å². The summed E-state index contributed by atoms with van der Waals surface area (Å²) in [7, 11) is 0. The Hall–Kier alpha value is -3.32. The molecule has 0 saturated carbocycles. The van der Waals surface area contributed by atoms with Gasteiger partial charge in [0.25, 0.3) is 0 Å². The molecule has 0 radical (unpaired) electrons. The molecule has 0 N–H and O–H groups in total. The second-order valence-electron chi connectivity index (χ2n) is 13.1. The lowest BCUT2D eigenvalue weighted by Gasteiger charge is -2.27. The summed E-state index contributed by atoms with van der Waals surface area (Å²) in [5, 5.41) is 2.44. The molecule has 5 aromatic rings. The third-order valence-electron chi connectivity index (χ3n) is 8.13. The van der Waals surface area contributed by atoms with Crippen molar-refractivity contribution in [2.24, 2.45) is 0 Å². The number of hydrogen-bond donors (Lipinski definition) is 0. The maximum absolute atomic E-state index is 6.43. The van der Waals surface area contributed by atoms with Crippen LogP contribution in [0.4, 0.5) is 0 Å². The third-order valence-corrected chi connectivity index (χ3v) is 8.13. The first-order chi connectivity index (χ1) is 16.9. The number of fused-ring (bicyclic) bond motifs is 6. The van der Waals surface area contributed by atoms with Crippen molar-refractivity contribution >= 4 is 21.9 Å². The van der Waals surface area contributed by atoms with E-state index >= 15 is 0 Å². The number of rotatable bonds is 1. The van der Waals surface area contributed by atoms with Crippen molar-refractivity contribution in [1.29, 1.82) is 0 Å². The fourth-order valence-corrected chi connectivity index (χ4v) is 6.20. The summed E-state index contributed by atoms with van der Waals surface area (Å²) < 4.78 is 6.43. The van der Waals surface area contributed by atoms with Crippen molar-refractivity contribution in [2.75, 3.05) is 0 Å². The topological polar surface area (TPSA) is 13.1 Å². The van der Waals surface area contributed by atoms with E-state index in [1.54, 1.807) is 0 Å². The molecule has 0 amide bonds. The van der Waals surface area contributed by atoms with Crippen molar-refractivity contribution in [2.45, 2.75) is 71.6 Å². The van der Waals surface area contributed by atoms with Crippen LogP contribution < -0.4 is 0 Å². The van der Waals surface area contributed by atoms with E-state index < -0.39 is 0 Å². The van der Waals surface area contributed by atoms with Gasteiger partial charge in [0.05, 0.1) is 0 Å². The predicted molar refractivity (Wildman–Crippen MR) is 154 cm³/mol. The van der Waals surface area contributed by atoms with Crippen molar-refractivity contribution < 1.29 is 4.42 Å². The van der Waals surface area contributed by atoms with Crippen molar-refractivity contribution in [1.82, 2.24) is 0 Å². The summed E-state index contributed by atoms with van der Waals surface area (Å²) in [6, 6.07) is 27.0. The van der Waals surface area contributed by atoms with Crippen molar-refractivity contribution in [3.8, 4) is 22.3 Å². The van der Waals surface area contributed by atoms with Crippen LogP contribution in [0.1, 0.15) is 77.6 Å². The van der Waals surface area contributed by atoms with E-state index in [-0.39, 0.29) is 16.2 Å². The molecule has 36 heavy (non-hydrogen) atoms. The van der Waals surface area contributed by atoms with Crippen LogP contribution in [-0.2, 0) is 16.2 Å². The standard InChI is InChI=1S/C35H36O/c1-33(2,3)26-14-11-15-29-32(26)24-17-16-21(20-30(24)36-29)22-18-27(34(4,5)6)31-23-12-9-10-13-25(23)35(7,8)28(31)19-22/h9-20H,1-8H3. The molecule has 0 spiro atoms. The Kier molecular flexibility index (Phi) is 4.72. The average Bonchev–Trinajstić information content (AvgIpc) is 3.30. The van der Waals surface area contributed by atoms with Crippen LogP contribution in [0.3, 0.4) is 0 Å². The fourth-order valence-electron chi connectivity index (χ4n) is 6.20. The molecule has 1 nitrogen and oxygen atoms in total. The van der Waals surface area contributed by atoms with Crippen LogP contribution in [0, 0.1) is 0 Å². The van der Waals surface area contributed by atoms with E-state index in [9.17, 15) is 0 Å². The second kappa shape index (κ2) is 7.35. The lowest BCUT2D eigenvalue weighted by molar-refractivity contribution is 0.589. The Balaban J connectivity index is 1.60. The largest absolute Gasteiger partial charge is 0.456 e. The molecule has 0 unspecified atom stereocenters. The molecule has 6 rings (SSSR count). The summed E-state index contributed by atoms with van der Waals surface area (Å²) in [4.78, 5) is 0. The van der Waals surface area contributed by atoms with Gasteiger partial charge in [-0.3, -0.25) is 0 Å². The van der Waals surface area contributed by atoms with E-state index in [0.717, 1.165) is 11.2 Å². The molecule has 0 aliphatic heterocycles. The van der Waals surface area contributed by atoms with Crippen LogP contribution in [0.25, 0.3) is 44.2 Å². The van der Waals surface area contributed by atoms with Crippen LogP contribution in [0.5, 0.6) is 0 Å². The highest BCUT2D eigenvalue weighted by Crippen LogP contribution is 2.53. The normalized spacial score (nSPS) is 14.9. The predicted octanol–water partition coefficient (Wildman–Crippen LogP) is 10.2. The minimum atomic E-state index is -0.0347. The minimum absolute atomic E-state index is 0.0265. The summed E-state index contributed by atoms with van der Waals surface area (Å²) in [5.74, 6) is 0. The highest BCUT2D eigenvalue weighted by Gasteiger charge is 2.38. The van der Waals surface area contributed by atoms with Gasteiger partial charge in [0.1, 0.15) is 11.2 Å². The van der Waals surface area contributed by atoms with E-state index in [2.05, 4.69) is 128 Å². The van der Waals surface area contributed by atoms with Gasteiger partial charge in [0.15, 0.2) is 0 Å². The summed E-state index contributed by atoms with van der Waals surface area (Å²) in [6.45, 7) is 18.5. The zero-order valence-electron chi connectivity index (χ0n) is 22.8. The van der Waals surface area contributed by atoms with Gasteiger partial charge < -0.3 is 4.42 Å². The molecule has 182 valence electrons. The Bertz CT molecular complexity index is 1660. The molecule has 1 aliphatic carbocycles.